The number of rotatable bonds is 10. The van der Waals surface area contributed by atoms with Crippen molar-refractivity contribution >= 4 is 39.9 Å². The number of halogens is 1. The lowest BCUT2D eigenvalue weighted by atomic mass is 9.94. The number of amides is 2. The molecule has 6 nitrogen and oxygen atoms in total. The van der Waals surface area contributed by atoms with E-state index in [-0.39, 0.29) is 30.2 Å². The number of carbonyl (C=O) groups is 2. The van der Waals surface area contributed by atoms with E-state index in [1.54, 1.807) is 12.1 Å². The third-order valence-electron chi connectivity index (χ3n) is 5.64. The average Bonchev–Trinajstić information content (AvgIpc) is 3.28. The minimum Gasteiger partial charge on any atom is -0.339 e. The summed E-state index contributed by atoms with van der Waals surface area (Å²) < 4.78 is 0. The van der Waals surface area contributed by atoms with Crippen LogP contribution in [0.4, 0.5) is 5.13 Å². The van der Waals surface area contributed by atoms with Crippen LogP contribution in [-0.4, -0.2) is 39.5 Å². The first kappa shape index (κ1) is 24.9. The van der Waals surface area contributed by atoms with Gasteiger partial charge in [-0.3, -0.25) is 9.59 Å². The predicted octanol–water partition coefficient (Wildman–Crippen LogP) is 6.01. The summed E-state index contributed by atoms with van der Waals surface area (Å²) >= 11 is 7.33. The van der Waals surface area contributed by atoms with Crippen LogP contribution in [0.25, 0.3) is 10.6 Å². The van der Waals surface area contributed by atoms with Crippen molar-refractivity contribution < 1.29 is 9.59 Å². The molecule has 0 spiro atoms. The van der Waals surface area contributed by atoms with Crippen LogP contribution in [0.1, 0.15) is 51.5 Å². The van der Waals surface area contributed by atoms with Gasteiger partial charge in [0.2, 0.25) is 16.9 Å². The second-order valence-corrected chi connectivity index (χ2v) is 9.30. The quantitative estimate of drug-likeness (QED) is 0.382. The molecule has 0 radical (unpaired) electrons. The molecule has 0 fully saturated rings. The summed E-state index contributed by atoms with van der Waals surface area (Å²) in [6.45, 7) is 6.44. The van der Waals surface area contributed by atoms with E-state index in [1.165, 1.54) is 11.3 Å². The molecule has 3 aromatic rings. The van der Waals surface area contributed by atoms with Crippen molar-refractivity contribution in [3.8, 4) is 10.6 Å². The van der Waals surface area contributed by atoms with Gasteiger partial charge in [-0.2, -0.15) is 0 Å². The minimum absolute atomic E-state index is 0.0408. The number of carbonyl (C=O) groups excluding carboxylic acids is 2. The lowest BCUT2D eigenvalue weighted by molar-refractivity contribution is -0.135. The number of anilines is 1. The molecule has 2 aromatic carbocycles. The molecule has 33 heavy (non-hydrogen) atoms. The highest BCUT2D eigenvalue weighted by molar-refractivity contribution is 7.18. The average molecular weight is 485 g/mol. The highest BCUT2D eigenvalue weighted by Crippen LogP contribution is 2.28. The Morgan fingerprint density at radius 3 is 2.48 bits per heavy atom. The van der Waals surface area contributed by atoms with Gasteiger partial charge in [0.1, 0.15) is 5.01 Å². The molecular weight excluding hydrogens is 456 g/mol. The van der Waals surface area contributed by atoms with Crippen molar-refractivity contribution in [3.05, 3.63) is 65.2 Å². The minimum atomic E-state index is -0.216. The van der Waals surface area contributed by atoms with Gasteiger partial charge in [0.25, 0.3) is 0 Å². The van der Waals surface area contributed by atoms with Gasteiger partial charge >= 0.3 is 0 Å². The molecule has 0 aliphatic carbocycles. The van der Waals surface area contributed by atoms with Crippen LogP contribution in [0.2, 0.25) is 5.02 Å². The molecule has 2 atom stereocenters. The fourth-order valence-electron chi connectivity index (χ4n) is 3.62. The highest BCUT2D eigenvalue weighted by atomic mass is 35.5. The maximum absolute atomic E-state index is 13.4. The van der Waals surface area contributed by atoms with E-state index < -0.39 is 0 Å². The third kappa shape index (κ3) is 6.62. The Balaban J connectivity index is 1.64. The number of aromatic nitrogens is 2. The summed E-state index contributed by atoms with van der Waals surface area (Å²) in [5.41, 5.74) is 1.85. The van der Waals surface area contributed by atoms with E-state index in [0.29, 0.717) is 28.1 Å². The number of nitrogens with one attached hydrogen (secondary N) is 1. The molecule has 1 N–H and O–H groups in total. The van der Waals surface area contributed by atoms with Crippen molar-refractivity contribution in [2.45, 2.75) is 52.0 Å². The zero-order valence-electron chi connectivity index (χ0n) is 19.1. The molecular formula is C25H29ClN4O2S. The van der Waals surface area contributed by atoms with Crippen molar-refractivity contribution in [3.63, 3.8) is 0 Å². The smallest absolute Gasteiger partial charge is 0.230 e. The van der Waals surface area contributed by atoms with E-state index in [4.69, 9.17) is 11.6 Å². The zero-order valence-corrected chi connectivity index (χ0v) is 20.7. The number of hydrogen-bond acceptors (Lipinski definition) is 5. The Hall–Kier alpha value is -2.77. The van der Waals surface area contributed by atoms with Gasteiger partial charge in [-0.05, 0) is 37.5 Å². The maximum atomic E-state index is 13.4. The van der Waals surface area contributed by atoms with Gasteiger partial charge in [0, 0.05) is 29.6 Å². The number of benzene rings is 2. The van der Waals surface area contributed by atoms with Crippen LogP contribution >= 0.6 is 22.9 Å². The topological polar surface area (TPSA) is 75.2 Å². The fraction of sp³-hybridized carbons (Fsp3) is 0.360. The molecule has 2 amide bonds. The first-order valence-electron chi connectivity index (χ1n) is 11.2. The molecule has 1 heterocycles. The normalized spacial score (nSPS) is 12.7. The Morgan fingerprint density at radius 2 is 1.82 bits per heavy atom. The molecule has 8 heteroatoms. The molecule has 0 saturated carbocycles. The van der Waals surface area contributed by atoms with E-state index in [1.807, 2.05) is 68.1 Å². The fourth-order valence-corrected chi connectivity index (χ4v) is 4.57. The SMILES string of the molecule is CC[C@@H](C)N(CCC(=O)Nc1nnc(-c2cccc(Cl)c2)s1)C(=O)[C@H](CC)c1ccccc1. The van der Waals surface area contributed by atoms with E-state index in [2.05, 4.69) is 15.5 Å². The van der Waals surface area contributed by atoms with Crippen molar-refractivity contribution in [2.75, 3.05) is 11.9 Å². The third-order valence-corrected chi connectivity index (χ3v) is 6.76. The first-order valence-corrected chi connectivity index (χ1v) is 12.4. The van der Waals surface area contributed by atoms with Gasteiger partial charge < -0.3 is 10.2 Å². The predicted molar refractivity (Wildman–Crippen MR) is 135 cm³/mol. The van der Waals surface area contributed by atoms with Gasteiger partial charge in [0.15, 0.2) is 0 Å². The van der Waals surface area contributed by atoms with Gasteiger partial charge in [-0.1, -0.05) is 79.2 Å². The zero-order chi connectivity index (χ0) is 23.8. The summed E-state index contributed by atoms with van der Waals surface area (Å²) in [6, 6.07) is 17.2. The molecule has 174 valence electrons. The van der Waals surface area contributed by atoms with Gasteiger partial charge in [0.05, 0.1) is 5.92 Å². The Bertz CT molecular complexity index is 1070. The summed E-state index contributed by atoms with van der Waals surface area (Å²) in [6.07, 6.45) is 1.71. The van der Waals surface area contributed by atoms with E-state index in [0.717, 1.165) is 17.5 Å². The molecule has 3 rings (SSSR count). The van der Waals surface area contributed by atoms with Crippen LogP contribution < -0.4 is 5.32 Å². The first-order chi connectivity index (χ1) is 15.9. The van der Waals surface area contributed by atoms with E-state index in [9.17, 15) is 9.59 Å². The Labute approximate surface area is 204 Å². The molecule has 1 aromatic heterocycles. The van der Waals surface area contributed by atoms with Crippen molar-refractivity contribution in [2.24, 2.45) is 0 Å². The molecule has 0 saturated heterocycles. The van der Waals surface area contributed by atoms with Gasteiger partial charge in [-0.15, -0.1) is 10.2 Å². The number of hydrogen-bond donors (Lipinski definition) is 1. The van der Waals surface area contributed by atoms with Gasteiger partial charge in [-0.25, -0.2) is 0 Å². The standard InChI is InChI=1S/C25H29ClN4O2S/c1-4-17(3)30(24(32)21(5-2)18-10-7-6-8-11-18)15-14-22(31)27-25-29-28-23(33-25)19-12-9-13-20(26)16-19/h6-13,16-17,21H,4-5,14-15H2,1-3H3,(H,27,29,31)/t17-,21-/m1/s1. The molecule has 0 unspecified atom stereocenters. The Morgan fingerprint density at radius 1 is 1.06 bits per heavy atom. The molecule has 0 aliphatic rings. The van der Waals surface area contributed by atoms with Crippen LogP contribution in [0, 0.1) is 0 Å². The van der Waals surface area contributed by atoms with Crippen molar-refractivity contribution in [1.82, 2.24) is 15.1 Å². The summed E-state index contributed by atoms with van der Waals surface area (Å²) in [5.74, 6) is -0.352. The largest absolute Gasteiger partial charge is 0.339 e. The van der Waals surface area contributed by atoms with Crippen LogP contribution in [-0.2, 0) is 9.59 Å². The van der Waals surface area contributed by atoms with Crippen LogP contribution in [0.15, 0.2) is 54.6 Å². The molecule has 0 aliphatic heterocycles. The monoisotopic (exact) mass is 484 g/mol. The van der Waals surface area contributed by atoms with Crippen molar-refractivity contribution in [1.29, 1.82) is 0 Å². The Kier molecular flexibility index (Phi) is 8.97. The summed E-state index contributed by atoms with van der Waals surface area (Å²) in [7, 11) is 0. The van der Waals surface area contributed by atoms with Crippen LogP contribution in [0.3, 0.4) is 0 Å². The second-order valence-electron chi connectivity index (χ2n) is 7.88. The van der Waals surface area contributed by atoms with E-state index >= 15 is 0 Å². The second kappa shape index (κ2) is 11.9. The molecule has 0 bridgehead atoms. The lowest BCUT2D eigenvalue weighted by Crippen LogP contribution is -2.42. The summed E-state index contributed by atoms with van der Waals surface area (Å²) in [5, 5.41) is 12.7. The summed E-state index contributed by atoms with van der Waals surface area (Å²) in [4.78, 5) is 27.9. The highest BCUT2D eigenvalue weighted by Gasteiger charge is 2.27. The lowest BCUT2D eigenvalue weighted by Gasteiger charge is -2.32. The van der Waals surface area contributed by atoms with Crippen LogP contribution in [0.5, 0.6) is 0 Å². The number of nitrogens with zero attached hydrogens (tertiary/aromatic N) is 3. The maximum Gasteiger partial charge on any atom is 0.230 e.